The fraction of sp³-hybridized carbons (Fsp3) is 0.667. The molecule has 1 aromatic carbocycles. The second kappa shape index (κ2) is 9.23. The second-order valence-corrected chi connectivity index (χ2v) is 16.0. The summed E-state index contributed by atoms with van der Waals surface area (Å²) in [5.74, 6) is 1.28. The average Bonchev–Trinajstić information content (AvgIpc) is 2.64. The van der Waals surface area contributed by atoms with Gasteiger partial charge in [0.15, 0.2) is 5.75 Å². The van der Waals surface area contributed by atoms with E-state index in [0.29, 0.717) is 24.3 Å². The van der Waals surface area contributed by atoms with Crippen molar-refractivity contribution in [3.8, 4) is 11.5 Å². The van der Waals surface area contributed by atoms with Crippen LogP contribution in [-0.4, -0.2) is 29.0 Å². The van der Waals surface area contributed by atoms with Gasteiger partial charge in [0.05, 0.1) is 7.11 Å². The van der Waals surface area contributed by atoms with Crippen LogP contribution in [0.5, 0.6) is 11.5 Å². The molecule has 0 spiro atoms. The number of benzene rings is 1. The Hall–Kier alpha value is -1.30. The molecule has 0 aromatic heterocycles. The molecule has 166 valence electrons. The molecule has 1 atom stereocenters. The zero-order chi connectivity index (χ0) is 22.7. The molecular formula is C21H37O6PSi. The Balaban J connectivity index is 3.69. The predicted molar refractivity (Wildman–Crippen MR) is 120 cm³/mol. The van der Waals surface area contributed by atoms with Crippen LogP contribution in [0.25, 0.3) is 0 Å². The number of ether oxygens (including phenoxy) is 1. The molecule has 1 unspecified atom stereocenters. The lowest BCUT2D eigenvalue weighted by Gasteiger charge is -2.39. The van der Waals surface area contributed by atoms with E-state index in [9.17, 15) is 9.36 Å². The van der Waals surface area contributed by atoms with Crippen molar-refractivity contribution in [3.63, 3.8) is 0 Å². The standard InChI is InChI=1S/C21H37O6PSi/c1-11-21(12-2,28(23,25-8)26-15-22)17-13-16(3)19(18(14-17)24-7)27-29(9,10)20(4,5)6/h13-15H,11-12H2,1-10H3. The summed E-state index contributed by atoms with van der Waals surface area (Å²) in [4.78, 5) is 11.1. The molecule has 0 saturated heterocycles. The van der Waals surface area contributed by atoms with E-state index in [1.165, 1.54) is 7.11 Å². The van der Waals surface area contributed by atoms with Gasteiger partial charge in [-0.05, 0) is 55.1 Å². The van der Waals surface area contributed by atoms with Crippen molar-refractivity contribution in [1.29, 1.82) is 0 Å². The summed E-state index contributed by atoms with van der Waals surface area (Å²) in [6.45, 7) is 16.9. The number of carbonyl (C=O) groups is 1. The van der Waals surface area contributed by atoms with Crippen LogP contribution in [0, 0.1) is 6.92 Å². The van der Waals surface area contributed by atoms with Gasteiger partial charge in [0, 0.05) is 7.11 Å². The van der Waals surface area contributed by atoms with Crippen molar-refractivity contribution in [3.05, 3.63) is 23.3 Å². The van der Waals surface area contributed by atoms with E-state index in [2.05, 4.69) is 33.9 Å². The van der Waals surface area contributed by atoms with E-state index < -0.39 is 21.1 Å². The van der Waals surface area contributed by atoms with Crippen LogP contribution < -0.4 is 9.16 Å². The van der Waals surface area contributed by atoms with E-state index in [0.717, 1.165) is 11.1 Å². The third-order valence-corrected chi connectivity index (χ3v) is 13.4. The minimum atomic E-state index is -3.75. The van der Waals surface area contributed by atoms with Crippen LogP contribution >= 0.6 is 7.60 Å². The van der Waals surface area contributed by atoms with Gasteiger partial charge in [-0.2, -0.15) is 0 Å². The van der Waals surface area contributed by atoms with Crippen molar-refractivity contribution in [2.75, 3.05) is 14.2 Å². The summed E-state index contributed by atoms with van der Waals surface area (Å²) in [5, 5.41) is -0.945. The first-order chi connectivity index (χ1) is 13.3. The average molecular weight is 445 g/mol. The molecule has 0 heterocycles. The lowest BCUT2D eigenvalue weighted by Crippen LogP contribution is -2.44. The quantitative estimate of drug-likeness (QED) is 0.236. The Morgan fingerprint density at radius 2 is 1.66 bits per heavy atom. The number of carbonyl (C=O) groups excluding carboxylic acids is 1. The molecule has 29 heavy (non-hydrogen) atoms. The van der Waals surface area contributed by atoms with Crippen LogP contribution in [0.2, 0.25) is 18.1 Å². The summed E-state index contributed by atoms with van der Waals surface area (Å²) >= 11 is 0. The van der Waals surface area contributed by atoms with Crippen molar-refractivity contribution in [2.24, 2.45) is 0 Å². The lowest BCUT2D eigenvalue weighted by atomic mass is 9.91. The fourth-order valence-electron chi connectivity index (χ4n) is 3.28. The van der Waals surface area contributed by atoms with Crippen LogP contribution in [0.15, 0.2) is 12.1 Å². The van der Waals surface area contributed by atoms with Crippen LogP contribution in [0.1, 0.15) is 58.6 Å². The molecule has 0 N–H and O–H groups in total. The number of rotatable bonds is 10. The molecule has 0 radical (unpaired) electrons. The molecule has 0 saturated carbocycles. The Kier molecular flexibility index (Phi) is 8.19. The van der Waals surface area contributed by atoms with E-state index in [1.807, 2.05) is 32.9 Å². The first kappa shape index (κ1) is 25.7. The summed E-state index contributed by atoms with van der Waals surface area (Å²) < 4.78 is 36.0. The monoisotopic (exact) mass is 444 g/mol. The van der Waals surface area contributed by atoms with Gasteiger partial charge in [0.25, 0.3) is 14.8 Å². The van der Waals surface area contributed by atoms with Gasteiger partial charge in [-0.3, -0.25) is 4.79 Å². The molecule has 1 rings (SSSR count). The van der Waals surface area contributed by atoms with E-state index in [1.54, 1.807) is 7.11 Å². The van der Waals surface area contributed by atoms with Crippen molar-refractivity contribution in [2.45, 2.75) is 77.7 Å². The largest absolute Gasteiger partial charge is 0.541 e. The Morgan fingerprint density at radius 3 is 2.03 bits per heavy atom. The summed E-state index contributed by atoms with van der Waals surface area (Å²) in [7, 11) is -2.94. The highest BCUT2D eigenvalue weighted by Crippen LogP contribution is 2.67. The highest BCUT2D eigenvalue weighted by molar-refractivity contribution is 7.55. The van der Waals surface area contributed by atoms with Gasteiger partial charge in [-0.1, -0.05) is 40.7 Å². The molecule has 0 amide bonds. The number of hydrogen-bond acceptors (Lipinski definition) is 6. The van der Waals surface area contributed by atoms with Crippen LogP contribution in [0.3, 0.4) is 0 Å². The van der Waals surface area contributed by atoms with Gasteiger partial charge in [-0.25, -0.2) is 4.57 Å². The maximum Gasteiger partial charge on any atom is 0.391 e. The highest BCUT2D eigenvalue weighted by atomic mass is 31.2. The zero-order valence-electron chi connectivity index (χ0n) is 19.5. The zero-order valence-corrected chi connectivity index (χ0v) is 21.4. The molecule has 0 bridgehead atoms. The number of hydrogen-bond donors (Lipinski definition) is 0. The van der Waals surface area contributed by atoms with Gasteiger partial charge >= 0.3 is 7.60 Å². The van der Waals surface area contributed by atoms with Crippen LogP contribution in [-0.2, 0) is 23.6 Å². The Labute approximate surface area is 176 Å². The van der Waals surface area contributed by atoms with Gasteiger partial charge < -0.3 is 18.2 Å². The maximum atomic E-state index is 13.5. The maximum absolute atomic E-state index is 13.5. The minimum Gasteiger partial charge on any atom is -0.541 e. The van der Waals surface area contributed by atoms with E-state index >= 15 is 0 Å². The highest BCUT2D eigenvalue weighted by Gasteiger charge is 2.51. The topological polar surface area (TPSA) is 71.1 Å². The molecule has 0 fully saturated rings. The number of aryl methyl sites for hydroxylation is 1. The summed E-state index contributed by atoms with van der Waals surface area (Å²) in [5.41, 5.74) is 1.62. The van der Waals surface area contributed by atoms with E-state index in [-0.39, 0.29) is 11.5 Å². The second-order valence-electron chi connectivity index (χ2n) is 8.81. The Morgan fingerprint density at radius 1 is 1.10 bits per heavy atom. The van der Waals surface area contributed by atoms with Crippen molar-refractivity contribution < 1.29 is 27.6 Å². The van der Waals surface area contributed by atoms with Crippen molar-refractivity contribution in [1.82, 2.24) is 0 Å². The first-order valence-electron chi connectivity index (χ1n) is 9.95. The summed E-state index contributed by atoms with van der Waals surface area (Å²) in [6.07, 6.45) is 0.932. The van der Waals surface area contributed by atoms with Gasteiger partial charge in [-0.15, -0.1) is 0 Å². The van der Waals surface area contributed by atoms with Gasteiger partial charge in [0.2, 0.25) is 0 Å². The molecule has 0 aliphatic heterocycles. The molecule has 8 heteroatoms. The third kappa shape index (κ3) is 4.73. The SMILES string of the molecule is CCC(CC)(c1cc(C)c(O[Si](C)(C)C(C)(C)C)c(OC)c1)P(=O)(OC)OC=O. The molecule has 1 aromatic rings. The normalized spacial score (nSPS) is 14.8. The number of methoxy groups -OCH3 is 1. The molecular weight excluding hydrogens is 407 g/mol. The molecule has 6 nitrogen and oxygen atoms in total. The van der Waals surface area contributed by atoms with Gasteiger partial charge in [0.1, 0.15) is 10.9 Å². The molecule has 0 aliphatic carbocycles. The fourth-order valence-corrected chi connectivity index (χ4v) is 6.33. The Bertz CT molecular complexity index is 765. The predicted octanol–water partition coefficient (Wildman–Crippen LogP) is 6.42. The third-order valence-electron chi connectivity index (χ3n) is 6.28. The lowest BCUT2D eigenvalue weighted by molar-refractivity contribution is -0.121. The van der Waals surface area contributed by atoms with Crippen LogP contribution in [0.4, 0.5) is 0 Å². The summed E-state index contributed by atoms with van der Waals surface area (Å²) in [6, 6.07) is 3.78. The smallest absolute Gasteiger partial charge is 0.391 e. The van der Waals surface area contributed by atoms with E-state index in [4.69, 9.17) is 18.2 Å². The molecule has 0 aliphatic rings. The first-order valence-corrected chi connectivity index (χ1v) is 14.4. The van der Waals surface area contributed by atoms with Crippen molar-refractivity contribution >= 4 is 22.4 Å². The minimum absolute atomic E-state index is 0.0310.